The molecule has 3 rings (SSSR count). The molecule has 3 atom stereocenters. The van der Waals surface area contributed by atoms with Crippen LogP contribution in [0.4, 0.5) is 4.79 Å². The third-order valence-electron chi connectivity index (χ3n) is 5.49. The van der Waals surface area contributed by atoms with Crippen molar-refractivity contribution in [1.82, 2.24) is 4.90 Å². The fourth-order valence-corrected chi connectivity index (χ4v) is 3.94. The summed E-state index contributed by atoms with van der Waals surface area (Å²) in [5.74, 6) is 0.832. The van der Waals surface area contributed by atoms with Crippen molar-refractivity contribution in [3.8, 4) is 5.75 Å². The SMILES string of the molecule is COc1ccc(CC2C(C(C)O)CCCN2C(=O)OCc2ccccc2)cc1. The summed E-state index contributed by atoms with van der Waals surface area (Å²) in [6.45, 7) is 2.72. The minimum atomic E-state index is -0.479. The Hall–Kier alpha value is -2.53. The molecule has 3 unspecified atom stereocenters. The van der Waals surface area contributed by atoms with E-state index in [2.05, 4.69) is 0 Å². The van der Waals surface area contributed by atoms with Gasteiger partial charge in [-0.15, -0.1) is 0 Å². The lowest BCUT2D eigenvalue weighted by molar-refractivity contribution is 0.00661. The van der Waals surface area contributed by atoms with Crippen LogP contribution in [0.3, 0.4) is 0 Å². The number of carbonyl (C=O) groups is 1. The van der Waals surface area contributed by atoms with Gasteiger partial charge < -0.3 is 19.5 Å². The molecule has 150 valence electrons. The molecule has 1 aliphatic rings. The number of aliphatic hydroxyl groups excluding tert-OH is 1. The largest absolute Gasteiger partial charge is 0.497 e. The van der Waals surface area contributed by atoms with E-state index in [1.54, 1.807) is 12.0 Å². The fourth-order valence-electron chi connectivity index (χ4n) is 3.94. The molecule has 1 fully saturated rings. The predicted molar refractivity (Wildman–Crippen MR) is 108 cm³/mol. The fraction of sp³-hybridized carbons (Fsp3) is 0.435. The molecule has 1 N–H and O–H groups in total. The summed E-state index contributed by atoms with van der Waals surface area (Å²) in [7, 11) is 1.64. The van der Waals surface area contributed by atoms with E-state index in [0.717, 1.165) is 29.7 Å². The van der Waals surface area contributed by atoms with E-state index >= 15 is 0 Å². The van der Waals surface area contributed by atoms with Crippen molar-refractivity contribution >= 4 is 6.09 Å². The van der Waals surface area contributed by atoms with Gasteiger partial charge in [0, 0.05) is 18.5 Å². The first-order valence-corrected chi connectivity index (χ1v) is 9.87. The van der Waals surface area contributed by atoms with Crippen molar-refractivity contribution in [3.63, 3.8) is 0 Å². The van der Waals surface area contributed by atoms with Gasteiger partial charge in [0.15, 0.2) is 0 Å². The molecule has 0 aromatic heterocycles. The smallest absolute Gasteiger partial charge is 0.410 e. The second-order valence-electron chi connectivity index (χ2n) is 7.40. The number of aliphatic hydroxyl groups is 1. The van der Waals surface area contributed by atoms with E-state index in [1.165, 1.54) is 0 Å². The van der Waals surface area contributed by atoms with Crippen LogP contribution < -0.4 is 4.74 Å². The van der Waals surface area contributed by atoms with Gasteiger partial charge in [0.1, 0.15) is 12.4 Å². The molecule has 28 heavy (non-hydrogen) atoms. The van der Waals surface area contributed by atoms with E-state index in [0.29, 0.717) is 13.0 Å². The second kappa shape index (κ2) is 9.60. The van der Waals surface area contributed by atoms with E-state index < -0.39 is 6.10 Å². The lowest BCUT2D eigenvalue weighted by atomic mass is 9.82. The van der Waals surface area contributed by atoms with Gasteiger partial charge in [-0.2, -0.15) is 0 Å². The number of benzene rings is 2. The Morgan fingerprint density at radius 3 is 2.50 bits per heavy atom. The summed E-state index contributed by atoms with van der Waals surface area (Å²) in [5.41, 5.74) is 2.07. The molecule has 5 heteroatoms. The van der Waals surface area contributed by atoms with Crippen molar-refractivity contribution in [2.24, 2.45) is 5.92 Å². The highest BCUT2D eigenvalue weighted by Crippen LogP contribution is 2.30. The first-order chi connectivity index (χ1) is 13.6. The Morgan fingerprint density at radius 2 is 1.86 bits per heavy atom. The normalized spacial score (nSPS) is 20.5. The van der Waals surface area contributed by atoms with Crippen LogP contribution in [0.15, 0.2) is 54.6 Å². The maximum atomic E-state index is 12.8. The number of ether oxygens (including phenoxy) is 2. The van der Waals surface area contributed by atoms with Crippen LogP contribution in [0.2, 0.25) is 0 Å². The topological polar surface area (TPSA) is 59.0 Å². The molecule has 1 aliphatic heterocycles. The van der Waals surface area contributed by atoms with Crippen molar-refractivity contribution in [1.29, 1.82) is 0 Å². The Bertz CT molecular complexity index is 745. The number of rotatable bonds is 6. The van der Waals surface area contributed by atoms with Gasteiger partial charge in [-0.05, 0) is 49.4 Å². The lowest BCUT2D eigenvalue weighted by Crippen LogP contribution is -2.52. The molecule has 0 radical (unpaired) electrons. The quantitative estimate of drug-likeness (QED) is 0.818. The zero-order valence-corrected chi connectivity index (χ0v) is 16.6. The Balaban J connectivity index is 1.72. The number of amides is 1. The molecule has 0 aliphatic carbocycles. The van der Waals surface area contributed by atoms with E-state index in [4.69, 9.17) is 9.47 Å². The van der Waals surface area contributed by atoms with Gasteiger partial charge in [-0.25, -0.2) is 4.79 Å². The average Bonchev–Trinajstić information content (AvgIpc) is 2.73. The summed E-state index contributed by atoms with van der Waals surface area (Å²) in [4.78, 5) is 14.6. The predicted octanol–water partition coefficient (Wildman–Crippen LogP) is 4.04. The van der Waals surface area contributed by atoms with Gasteiger partial charge in [-0.3, -0.25) is 0 Å². The molecule has 1 saturated heterocycles. The van der Waals surface area contributed by atoms with Gasteiger partial charge >= 0.3 is 6.09 Å². The van der Waals surface area contributed by atoms with Crippen molar-refractivity contribution in [2.75, 3.05) is 13.7 Å². The van der Waals surface area contributed by atoms with Crippen LogP contribution in [-0.2, 0) is 17.8 Å². The van der Waals surface area contributed by atoms with Gasteiger partial charge in [0.2, 0.25) is 0 Å². The zero-order chi connectivity index (χ0) is 19.9. The summed E-state index contributed by atoms with van der Waals surface area (Å²) in [6.07, 6.45) is 1.66. The molecular formula is C23H29NO4. The lowest BCUT2D eigenvalue weighted by Gasteiger charge is -2.42. The van der Waals surface area contributed by atoms with Crippen LogP contribution in [0.1, 0.15) is 30.9 Å². The third-order valence-corrected chi connectivity index (χ3v) is 5.49. The first kappa shape index (κ1) is 20.2. The minimum absolute atomic E-state index is 0.0279. The molecule has 2 aromatic carbocycles. The molecule has 0 spiro atoms. The highest BCUT2D eigenvalue weighted by Gasteiger charge is 2.37. The third kappa shape index (κ3) is 5.04. The highest BCUT2D eigenvalue weighted by atomic mass is 16.6. The molecule has 1 heterocycles. The number of hydrogen-bond donors (Lipinski definition) is 1. The van der Waals surface area contributed by atoms with Crippen LogP contribution in [0.25, 0.3) is 0 Å². The van der Waals surface area contributed by atoms with Gasteiger partial charge in [-0.1, -0.05) is 42.5 Å². The minimum Gasteiger partial charge on any atom is -0.497 e. The summed E-state index contributed by atoms with van der Waals surface area (Å²) in [5, 5.41) is 10.3. The summed E-state index contributed by atoms with van der Waals surface area (Å²) >= 11 is 0. The van der Waals surface area contributed by atoms with Crippen LogP contribution in [-0.4, -0.2) is 41.9 Å². The maximum absolute atomic E-state index is 12.8. The number of methoxy groups -OCH3 is 1. The van der Waals surface area contributed by atoms with Crippen LogP contribution in [0, 0.1) is 5.92 Å². The Morgan fingerprint density at radius 1 is 1.14 bits per heavy atom. The molecule has 2 aromatic rings. The molecule has 1 amide bonds. The van der Waals surface area contributed by atoms with Gasteiger partial charge in [0.25, 0.3) is 0 Å². The Labute approximate surface area is 166 Å². The average molecular weight is 383 g/mol. The standard InChI is InChI=1S/C23H29NO4/c1-17(25)21-9-6-14-24(23(26)28-16-19-7-4-3-5-8-19)22(21)15-18-10-12-20(27-2)13-11-18/h3-5,7-8,10-13,17,21-22,25H,6,9,14-16H2,1-2H3. The van der Waals surface area contributed by atoms with E-state index in [-0.39, 0.29) is 24.7 Å². The van der Waals surface area contributed by atoms with E-state index in [1.807, 2.05) is 61.5 Å². The number of nitrogens with zero attached hydrogens (tertiary/aromatic N) is 1. The van der Waals surface area contributed by atoms with Crippen LogP contribution >= 0.6 is 0 Å². The second-order valence-corrected chi connectivity index (χ2v) is 7.40. The molecule has 0 saturated carbocycles. The number of hydrogen-bond acceptors (Lipinski definition) is 4. The zero-order valence-electron chi connectivity index (χ0n) is 16.6. The highest BCUT2D eigenvalue weighted by molar-refractivity contribution is 5.68. The molecule has 0 bridgehead atoms. The van der Waals surface area contributed by atoms with Crippen molar-refractivity contribution in [2.45, 2.75) is 44.9 Å². The summed E-state index contributed by atoms with van der Waals surface area (Å²) in [6, 6.07) is 17.5. The number of likely N-dealkylation sites (tertiary alicyclic amines) is 1. The monoisotopic (exact) mass is 383 g/mol. The van der Waals surface area contributed by atoms with E-state index in [9.17, 15) is 9.90 Å². The van der Waals surface area contributed by atoms with Crippen molar-refractivity contribution in [3.05, 3.63) is 65.7 Å². The van der Waals surface area contributed by atoms with Gasteiger partial charge in [0.05, 0.1) is 13.2 Å². The first-order valence-electron chi connectivity index (χ1n) is 9.87. The molecule has 5 nitrogen and oxygen atoms in total. The Kier molecular flexibility index (Phi) is 6.93. The maximum Gasteiger partial charge on any atom is 0.410 e. The summed E-state index contributed by atoms with van der Waals surface area (Å²) < 4.78 is 10.8. The van der Waals surface area contributed by atoms with Crippen LogP contribution in [0.5, 0.6) is 5.75 Å². The number of piperidine rings is 1. The number of carbonyl (C=O) groups excluding carboxylic acids is 1. The van der Waals surface area contributed by atoms with Crippen molar-refractivity contribution < 1.29 is 19.4 Å². The molecular weight excluding hydrogens is 354 g/mol.